The number of carbonyl (C=O) groups excluding carboxylic acids is 1. The van der Waals surface area contributed by atoms with E-state index in [0.717, 1.165) is 6.08 Å². The van der Waals surface area contributed by atoms with Crippen molar-refractivity contribution >= 4 is 18.0 Å². The Kier molecular flexibility index (Phi) is 8.96. The van der Waals surface area contributed by atoms with Crippen LogP contribution < -0.4 is 0 Å². The molecule has 0 amide bonds. The van der Waals surface area contributed by atoms with Crippen LogP contribution in [0.5, 0.6) is 5.75 Å². The van der Waals surface area contributed by atoms with Crippen LogP contribution in [-0.2, 0) is 23.8 Å². The number of hydrogen-bond acceptors (Lipinski definition) is 9. The molecule has 0 spiro atoms. The maximum Gasteiger partial charge on any atom is 0.332 e. The molecule has 1 unspecified atom stereocenters. The van der Waals surface area contributed by atoms with Crippen molar-refractivity contribution in [3.05, 3.63) is 35.9 Å². The Labute approximate surface area is 179 Å². The van der Waals surface area contributed by atoms with Crippen LogP contribution in [0.1, 0.15) is 25.8 Å². The molecule has 1 heterocycles. The zero-order valence-corrected chi connectivity index (χ0v) is 17.2. The lowest BCUT2D eigenvalue weighted by atomic mass is 9.99. The molecule has 2 rings (SSSR count). The number of carboxylic acid groups (broad SMARTS) is 1. The van der Waals surface area contributed by atoms with Crippen LogP contribution in [0.2, 0.25) is 0 Å². The third-order valence-corrected chi connectivity index (χ3v) is 4.62. The van der Waals surface area contributed by atoms with Gasteiger partial charge in [-0.25, -0.2) is 9.59 Å². The van der Waals surface area contributed by atoms with E-state index in [4.69, 9.17) is 14.2 Å². The van der Waals surface area contributed by atoms with Crippen molar-refractivity contribution in [2.75, 3.05) is 6.61 Å². The first-order chi connectivity index (χ1) is 14.6. The SMILES string of the molecule is CC(C)CC(O[C@@H]1O[C@H](COC(=O)/C=C\c2ccc(O)cc2)[C@@H](O)[C@H](O)[C@H]1O)C(=O)O. The van der Waals surface area contributed by atoms with Gasteiger partial charge in [0, 0.05) is 6.08 Å². The second-order valence-corrected chi connectivity index (χ2v) is 7.66. The number of esters is 1. The molecular weight excluding hydrogens is 412 g/mol. The van der Waals surface area contributed by atoms with Crippen LogP contribution >= 0.6 is 0 Å². The number of aliphatic hydroxyl groups excluding tert-OH is 3. The molecule has 1 aliphatic rings. The molecule has 1 fully saturated rings. The van der Waals surface area contributed by atoms with Crippen LogP contribution in [0, 0.1) is 5.92 Å². The summed E-state index contributed by atoms with van der Waals surface area (Å²) in [6.45, 7) is 3.12. The van der Waals surface area contributed by atoms with Gasteiger partial charge in [-0.3, -0.25) is 0 Å². The third kappa shape index (κ3) is 7.30. The van der Waals surface area contributed by atoms with E-state index in [-0.39, 0.29) is 18.1 Å². The minimum absolute atomic E-state index is 0.0190. The predicted octanol–water partition coefficient (Wildman–Crippen LogP) is 0.272. The summed E-state index contributed by atoms with van der Waals surface area (Å²) < 4.78 is 15.7. The van der Waals surface area contributed by atoms with Crippen LogP contribution in [0.25, 0.3) is 6.08 Å². The third-order valence-electron chi connectivity index (χ3n) is 4.62. The summed E-state index contributed by atoms with van der Waals surface area (Å²) in [5, 5.41) is 48.9. The first-order valence-electron chi connectivity index (χ1n) is 9.80. The topological polar surface area (TPSA) is 163 Å². The smallest absolute Gasteiger partial charge is 0.332 e. The number of phenols is 1. The zero-order chi connectivity index (χ0) is 23.1. The van der Waals surface area contributed by atoms with Gasteiger partial charge in [0.15, 0.2) is 12.4 Å². The van der Waals surface area contributed by atoms with Crippen molar-refractivity contribution in [1.29, 1.82) is 0 Å². The molecular formula is C21H28O10. The van der Waals surface area contributed by atoms with E-state index in [9.17, 15) is 35.1 Å². The normalized spacial score (nSPS) is 27.4. The predicted molar refractivity (Wildman–Crippen MR) is 107 cm³/mol. The molecule has 0 saturated carbocycles. The Morgan fingerprint density at radius 3 is 2.32 bits per heavy atom. The van der Waals surface area contributed by atoms with Crippen molar-refractivity contribution in [1.82, 2.24) is 0 Å². The van der Waals surface area contributed by atoms with E-state index in [2.05, 4.69) is 0 Å². The molecule has 0 radical (unpaired) electrons. The number of rotatable bonds is 9. The number of ether oxygens (including phenoxy) is 3. The molecule has 0 aromatic heterocycles. The van der Waals surface area contributed by atoms with Crippen LogP contribution in [-0.4, -0.2) is 80.9 Å². The maximum atomic E-state index is 11.9. The monoisotopic (exact) mass is 440 g/mol. The average Bonchev–Trinajstić information content (AvgIpc) is 2.71. The van der Waals surface area contributed by atoms with E-state index in [0.29, 0.717) is 5.56 Å². The summed E-state index contributed by atoms with van der Waals surface area (Å²) >= 11 is 0. The Hall–Kier alpha value is -2.50. The van der Waals surface area contributed by atoms with Crippen molar-refractivity contribution in [2.24, 2.45) is 5.92 Å². The summed E-state index contributed by atoms with van der Waals surface area (Å²) in [5.74, 6) is -1.95. The molecule has 1 aliphatic heterocycles. The summed E-state index contributed by atoms with van der Waals surface area (Å²) in [6, 6.07) is 6.08. The van der Waals surface area contributed by atoms with E-state index in [1.54, 1.807) is 26.0 Å². The van der Waals surface area contributed by atoms with Gasteiger partial charge in [-0.1, -0.05) is 26.0 Å². The molecule has 31 heavy (non-hydrogen) atoms. The minimum atomic E-state index is -1.69. The number of benzene rings is 1. The molecule has 5 N–H and O–H groups in total. The molecule has 1 aromatic carbocycles. The number of carboxylic acids is 1. The fourth-order valence-corrected chi connectivity index (χ4v) is 2.93. The number of carbonyl (C=O) groups is 2. The summed E-state index contributed by atoms with van der Waals surface area (Å²) in [6.07, 6.45) is -6.32. The molecule has 1 saturated heterocycles. The van der Waals surface area contributed by atoms with Crippen molar-refractivity contribution in [3.8, 4) is 5.75 Å². The molecule has 0 aliphatic carbocycles. The average molecular weight is 440 g/mol. The van der Waals surface area contributed by atoms with Gasteiger partial charge in [0.1, 0.15) is 36.8 Å². The first-order valence-corrected chi connectivity index (χ1v) is 9.80. The summed E-state index contributed by atoms with van der Waals surface area (Å²) in [4.78, 5) is 23.3. The summed E-state index contributed by atoms with van der Waals surface area (Å²) in [5.41, 5.74) is 0.639. The van der Waals surface area contributed by atoms with Gasteiger partial charge in [-0.05, 0) is 36.1 Å². The number of hydrogen-bond donors (Lipinski definition) is 5. The Balaban J connectivity index is 1.97. The Bertz CT molecular complexity index is 760. The zero-order valence-electron chi connectivity index (χ0n) is 17.2. The number of aliphatic hydroxyl groups is 3. The minimum Gasteiger partial charge on any atom is -0.508 e. The van der Waals surface area contributed by atoms with Crippen molar-refractivity contribution in [3.63, 3.8) is 0 Å². The fourth-order valence-electron chi connectivity index (χ4n) is 2.93. The van der Waals surface area contributed by atoms with Gasteiger partial charge in [-0.2, -0.15) is 0 Å². The first kappa shape index (κ1) is 24.8. The second kappa shape index (κ2) is 11.2. The van der Waals surface area contributed by atoms with Gasteiger partial charge in [0.2, 0.25) is 0 Å². The molecule has 172 valence electrons. The molecule has 1 aromatic rings. The maximum absolute atomic E-state index is 11.9. The highest BCUT2D eigenvalue weighted by Gasteiger charge is 2.46. The largest absolute Gasteiger partial charge is 0.508 e. The van der Waals surface area contributed by atoms with Crippen LogP contribution in [0.3, 0.4) is 0 Å². The van der Waals surface area contributed by atoms with Crippen molar-refractivity contribution < 1.29 is 49.3 Å². The number of aliphatic carboxylic acids is 1. The molecule has 10 nitrogen and oxygen atoms in total. The van der Waals surface area contributed by atoms with Gasteiger partial charge < -0.3 is 39.7 Å². The molecule has 0 bridgehead atoms. The van der Waals surface area contributed by atoms with E-state index < -0.39 is 55.4 Å². The summed E-state index contributed by atoms with van der Waals surface area (Å²) in [7, 11) is 0. The van der Waals surface area contributed by atoms with E-state index in [1.165, 1.54) is 18.2 Å². The van der Waals surface area contributed by atoms with Crippen molar-refractivity contribution in [2.45, 2.75) is 57.1 Å². The number of phenolic OH excluding ortho intramolecular Hbond substituents is 1. The van der Waals surface area contributed by atoms with Gasteiger partial charge in [-0.15, -0.1) is 0 Å². The fraction of sp³-hybridized carbons (Fsp3) is 0.524. The Morgan fingerprint density at radius 1 is 1.10 bits per heavy atom. The highest BCUT2D eigenvalue weighted by Crippen LogP contribution is 2.25. The highest BCUT2D eigenvalue weighted by molar-refractivity contribution is 5.87. The van der Waals surface area contributed by atoms with E-state index in [1.807, 2.05) is 0 Å². The number of aromatic hydroxyl groups is 1. The second-order valence-electron chi connectivity index (χ2n) is 7.66. The highest BCUT2D eigenvalue weighted by atomic mass is 16.7. The molecule has 10 heteroatoms. The van der Waals surface area contributed by atoms with Gasteiger partial charge in [0.05, 0.1) is 0 Å². The lowest BCUT2D eigenvalue weighted by Gasteiger charge is -2.40. The van der Waals surface area contributed by atoms with Crippen LogP contribution in [0.4, 0.5) is 0 Å². The van der Waals surface area contributed by atoms with E-state index >= 15 is 0 Å². The Morgan fingerprint density at radius 2 is 1.74 bits per heavy atom. The van der Waals surface area contributed by atoms with Gasteiger partial charge >= 0.3 is 11.9 Å². The van der Waals surface area contributed by atoms with Crippen LogP contribution in [0.15, 0.2) is 30.3 Å². The quantitative estimate of drug-likeness (QED) is 0.266. The molecule has 6 atom stereocenters. The van der Waals surface area contributed by atoms with Gasteiger partial charge in [0.25, 0.3) is 0 Å². The lowest BCUT2D eigenvalue weighted by molar-refractivity contribution is -0.311. The standard InChI is InChI=1S/C21H28O10/c1-11(2)9-14(20(27)28)30-21-19(26)18(25)17(24)15(31-21)10-29-16(23)8-5-12-3-6-13(22)7-4-12/h3-8,11,14-15,17-19,21-22,24-26H,9-10H2,1-2H3,(H,27,28)/b8-5-/t14?,15-,17-,18+,19-,21-/m1/s1. The lowest BCUT2D eigenvalue weighted by Crippen LogP contribution is -2.60.